The number of hydrogen-bond donors (Lipinski definition) is 0. The van der Waals surface area contributed by atoms with E-state index in [9.17, 15) is 9.59 Å². The third-order valence-electron chi connectivity index (χ3n) is 7.05. The van der Waals surface area contributed by atoms with Gasteiger partial charge in [0.2, 0.25) is 11.8 Å². The minimum absolute atomic E-state index is 0.179. The van der Waals surface area contributed by atoms with Crippen molar-refractivity contribution in [3.05, 3.63) is 60.4 Å². The van der Waals surface area contributed by atoms with Gasteiger partial charge in [0.25, 0.3) is 0 Å². The van der Waals surface area contributed by atoms with Crippen LogP contribution < -0.4 is 4.74 Å². The third-order valence-corrected chi connectivity index (χ3v) is 7.05. The summed E-state index contributed by atoms with van der Waals surface area (Å²) in [7, 11) is 0. The molecular weight excluding hydrogens is 414 g/mol. The molecule has 33 heavy (non-hydrogen) atoms. The molecule has 0 radical (unpaired) electrons. The summed E-state index contributed by atoms with van der Waals surface area (Å²) >= 11 is 0. The molecule has 0 N–H and O–H groups in total. The van der Waals surface area contributed by atoms with E-state index in [4.69, 9.17) is 4.74 Å². The minimum Gasteiger partial charge on any atom is -0.493 e. The van der Waals surface area contributed by atoms with Crippen molar-refractivity contribution in [1.29, 1.82) is 0 Å². The van der Waals surface area contributed by atoms with Crippen molar-refractivity contribution < 1.29 is 14.3 Å². The van der Waals surface area contributed by atoms with Gasteiger partial charge in [-0.05, 0) is 62.3 Å². The number of piperidine rings is 2. The number of likely N-dealkylation sites (tertiary alicyclic amines) is 2. The summed E-state index contributed by atoms with van der Waals surface area (Å²) in [6.45, 7) is 3.60. The first-order valence-corrected chi connectivity index (χ1v) is 12.3. The summed E-state index contributed by atoms with van der Waals surface area (Å²) in [4.78, 5) is 34.1. The molecule has 4 rings (SSSR count). The Labute approximate surface area is 196 Å². The highest BCUT2D eigenvalue weighted by molar-refractivity contribution is 5.78. The van der Waals surface area contributed by atoms with Crippen molar-refractivity contribution in [1.82, 2.24) is 14.8 Å². The van der Waals surface area contributed by atoms with Crippen molar-refractivity contribution >= 4 is 11.8 Å². The van der Waals surface area contributed by atoms with Crippen molar-refractivity contribution in [2.45, 2.75) is 51.4 Å². The zero-order valence-corrected chi connectivity index (χ0v) is 19.5. The van der Waals surface area contributed by atoms with Gasteiger partial charge in [-0.3, -0.25) is 14.6 Å². The van der Waals surface area contributed by atoms with Gasteiger partial charge in [0, 0.05) is 56.8 Å². The number of aromatic nitrogens is 1. The van der Waals surface area contributed by atoms with E-state index in [2.05, 4.69) is 4.98 Å². The van der Waals surface area contributed by atoms with E-state index in [0.29, 0.717) is 39.0 Å². The second-order valence-corrected chi connectivity index (χ2v) is 9.46. The monoisotopic (exact) mass is 449 g/mol. The first kappa shape index (κ1) is 23.3. The summed E-state index contributed by atoms with van der Waals surface area (Å²) in [6, 6.07) is 13.7. The molecule has 6 nitrogen and oxygen atoms in total. The zero-order chi connectivity index (χ0) is 22.9. The van der Waals surface area contributed by atoms with Crippen LogP contribution in [0.3, 0.4) is 0 Å². The Bertz CT molecular complexity index is 889. The fourth-order valence-corrected chi connectivity index (χ4v) is 4.89. The average Bonchev–Trinajstić information content (AvgIpc) is 2.88. The fourth-order valence-electron chi connectivity index (χ4n) is 4.89. The number of amides is 2. The largest absolute Gasteiger partial charge is 0.493 e. The third kappa shape index (κ3) is 6.56. The number of para-hydroxylation sites is 1. The van der Waals surface area contributed by atoms with Crippen LogP contribution >= 0.6 is 0 Å². The number of benzene rings is 1. The number of carbonyl (C=O) groups excluding carboxylic acids is 2. The SMILES string of the molecule is O=C(CCc1cccnc1)N1CCC(COc2ccccc2)(CC(=O)N2CCCCC2)CC1. The van der Waals surface area contributed by atoms with Crippen LogP contribution in [0.25, 0.3) is 0 Å². The fraction of sp³-hybridized carbons (Fsp3) is 0.519. The number of pyridine rings is 1. The van der Waals surface area contributed by atoms with E-state index >= 15 is 0 Å². The first-order chi connectivity index (χ1) is 16.1. The lowest BCUT2D eigenvalue weighted by Crippen LogP contribution is -2.48. The Morgan fingerprint density at radius 3 is 2.30 bits per heavy atom. The number of aryl methyl sites for hydroxylation is 1. The molecule has 2 amide bonds. The van der Waals surface area contributed by atoms with Crippen LogP contribution in [0.1, 0.15) is 50.5 Å². The summed E-state index contributed by atoms with van der Waals surface area (Å²) < 4.78 is 6.16. The van der Waals surface area contributed by atoms with Crippen LogP contribution in [0.15, 0.2) is 54.9 Å². The molecule has 2 fully saturated rings. The van der Waals surface area contributed by atoms with Gasteiger partial charge in [-0.2, -0.15) is 0 Å². The molecule has 0 aliphatic carbocycles. The van der Waals surface area contributed by atoms with Crippen molar-refractivity contribution in [2.24, 2.45) is 5.41 Å². The topological polar surface area (TPSA) is 62.7 Å². The van der Waals surface area contributed by atoms with E-state index < -0.39 is 0 Å². The van der Waals surface area contributed by atoms with Crippen molar-refractivity contribution in [3.63, 3.8) is 0 Å². The number of hydrogen-bond acceptors (Lipinski definition) is 4. The Morgan fingerprint density at radius 2 is 1.61 bits per heavy atom. The molecule has 2 aliphatic rings. The molecular formula is C27H35N3O3. The van der Waals surface area contributed by atoms with Crippen molar-refractivity contribution in [3.8, 4) is 5.75 Å². The molecule has 0 spiro atoms. The molecule has 6 heteroatoms. The summed E-state index contributed by atoms with van der Waals surface area (Å²) in [5, 5.41) is 0. The number of rotatable bonds is 8. The highest BCUT2D eigenvalue weighted by Gasteiger charge is 2.39. The first-order valence-electron chi connectivity index (χ1n) is 12.3. The van der Waals surface area contributed by atoms with E-state index in [-0.39, 0.29) is 17.2 Å². The number of carbonyl (C=O) groups is 2. The van der Waals surface area contributed by atoms with Gasteiger partial charge in [-0.1, -0.05) is 24.3 Å². The Kier molecular flexibility index (Phi) is 7.97. The van der Waals surface area contributed by atoms with Crippen molar-refractivity contribution in [2.75, 3.05) is 32.8 Å². The smallest absolute Gasteiger partial charge is 0.223 e. The second-order valence-electron chi connectivity index (χ2n) is 9.46. The van der Waals surface area contributed by atoms with E-state index in [1.165, 1.54) is 6.42 Å². The maximum atomic E-state index is 13.1. The van der Waals surface area contributed by atoms with Crippen LogP contribution in [0.2, 0.25) is 0 Å². The quantitative estimate of drug-likeness (QED) is 0.609. The lowest BCUT2D eigenvalue weighted by atomic mass is 9.75. The van der Waals surface area contributed by atoms with E-state index in [1.807, 2.05) is 58.5 Å². The van der Waals surface area contributed by atoms with Gasteiger partial charge in [-0.15, -0.1) is 0 Å². The van der Waals surface area contributed by atoms with Gasteiger partial charge < -0.3 is 14.5 Å². The molecule has 0 unspecified atom stereocenters. The lowest BCUT2D eigenvalue weighted by Gasteiger charge is -2.42. The van der Waals surface area contributed by atoms with Crippen LogP contribution in [0.4, 0.5) is 0 Å². The summed E-state index contributed by atoms with van der Waals surface area (Å²) in [5.74, 6) is 1.25. The van der Waals surface area contributed by atoms with Gasteiger partial charge in [0.1, 0.15) is 5.75 Å². The van der Waals surface area contributed by atoms with Crippen LogP contribution in [-0.4, -0.2) is 59.4 Å². The Hall–Kier alpha value is -2.89. The zero-order valence-electron chi connectivity index (χ0n) is 19.5. The Morgan fingerprint density at radius 1 is 0.879 bits per heavy atom. The molecule has 0 bridgehead atoms. The normalized spacial score (nSPS) is 18.1. The minimum atomic E-state index is -0.232. The predicted octanol–water partition coefficient (Wildman–Crippen LogP) is 4.10. The van der Waals surface area contributed by atoms with Crippen LogP contribution in [-0.2, 0) is 16.0 Å². The second kappa shape index (κ2) is 11.3. The number of nitrogens with zero attached hydrogens (tertiary/aromatic N) is 3. The van der Waals surface area contributed by atoms with E-state index in [0.717, 1.165) is 50.1 Å². The van der Waals surface area contributed by atoms with Gasteiger partial charge in [-0.25, -0.2) is 0 Å². The standard InChI is InChI=1S/C27H35N3O3/c31-25(12-11-23-8-7-15-28-21-23)30-18-13-27(14-19-30,22-33-24-9-3-1-4-10-24)20-26(32)29-16-5-2-6-17-29/h1,3-4,7-10,15,21H,2,5-6,11-14,16-20,22H2. The molecule has 2 aromatic rings. The molecule has 2 saturated heterocycles. The van der Waals surface area contributed by atoms with E-state index in [1.54, 1.807) is 6.20 Å². The van der Waals surface area contributed by atoms with Crippen LogP contribution in [0, 0.1) is 5.41 Å². The highest BCUT2D eigenvalue weighted by Crippen LogP contribution is 2.37. The predicted molar refractivity (Wildman–Crippen MR) is 128 cm³/mol. The Balaban J connectivity index is 1.36. The van der Waals surface area contributed by atoms with Crippen LogP contribution in [0.5, 0.6) is 5.75 Å². The molecule has 0 atom stereocenters. The summed E-state index contributed by atoms with van der Waals surface area (Å²) in [6.07, 6.45) is 10.2. The molecule has 1 aromatic heterocycles. The number of ether oxygens (including phenoxy) is 1. The summed E-state index contributed by atoms with van der Waals surface area (Å²) in [5.41, 5.74) is 0.852. The van der Waals surface area contributed by atoms with Gasteiger partial charge in [0.05, 0.1) is 6.61 Å². The lowest BCUT2D eigenvalue weighted by molar-refractivity contribution is -0.138. The maximum Gasteiger partial charge on any atom is 0.223 e. The molecule has 1 aromatic carbocycles. The van der Waals surface area contributed by atoms with Gasteiger partial charge >= 0.3 is 0 Å². The van der Waals surface area contributed by atoms with Gasteiger partial charge in [0.15, 0.2) is 0 Å². The highest BCUT2D eigenvalue weighted by atomic mass is 16.5. The molecule has 2 aliphatic heterocycles. The average molecular weight is 450 g/mol. The maximum absolute atomic E-state index is 13.1. The molecule has 0 saturated carbocycles. The molecule has 3 heterocycles. The molecule has 176 valence electrons.